The number of amides is 1. The summed E-state index contributed by atoms with van der Waals surface area (Å²) in [6, 6.07) is 7.29. The highest BCUT2D eigenvalue weighted by atomic mass is 32.2. The van der Waals surface area contributed by atoms with Gasteiger partial charge in [0.2, 0.25) is 5.95 Å². The van der Waals surface area contributed by atoms with Crippen molar-refractivity contribution in [3.63, 3.8) is 0 Å². The van der Waals surface area contributed by atoms with Gasteiger partial charge in [-0.05, 0) is 49.0 Å². The minimum atomic E-state index is -3.39. The molecule has 33 heavy (non-hydrogen) atoms. The highest BCUT2D eigenvalue weighted by Gasteiger charge is 2.33. The zero-order valence-corrected chi connectivity index (χ0v) is 19.7. The van der Waals surface area contributed by atoms with Crippen LogP contribution < -0.4 is 15.1 Å². The van der Waals surface area contributed by atoms with Crippen molar-refractivity contribution in [3.05, 3.63) is 42.2 Å². The molecule has 1 saturated heterocycles. The Hall–Kier alpha value is -2.70. The molecule has 3 aliphatic heterocycles. The van der Waals surface area contributed by atoms with Crippen LogP contribution in [0.4, 0.5) is 11.6 Å². The number of aromatic nitrogens is 2. The smallest absolute Gasteiger partial charge is 0.257 e. The van der Waals surface area contributed by atoms with E-state index < -0.39 is 10.0 Å². The molecular weight excluding hydrogens is 462 g/mol. The van der Waals surface area contributed by atoms with E-state index in [1.165, 1.54) is 11.8 Å². The molecule has 0 bridgehead atoms. The van der Waals surface area contributed by atoms with Crippen LogP contribution in [0.15, 0.2) is 46.0 Å². The Labute approximate surface area is 197 Å². The molecule has 1 aromatic heterocycles. The molecule has 1 aromatic carbocycles. The summed E-state index contributed by atoms with van der Waals surface area (Å²) >= 11 is 1.30. The predicted molar refractivity (Wildman–Crippen MR) is 129 cm³/mol. The van der Waals surface area contributed by atoms with Gasteiger partial charge in [-0.25, -0.2) is 18.4 Å². The zero-order valence-electron chi connectivity index (χ0n) is 18.1. The van der Waals surface area contributed by atoms with Crippen LogP contribution in [0, 0.1) is 0 Å². The number of amidine groups is 1. The van der Waals surface area contributed by atoms with Crippen LogP contribution in [-0.4, -0.2) is 85.9 Å². The summed E-state index contributed by atoms with van der Waals surface area (Å²) in [4.78, 5) is 28.6. The number of thioether (sulfide) groups is 1. The first-order valence-corrected chi connectivity index (χ1v) is 13.4. The lowest BCUT2D eigenvalue weighted by molar-refractivity contribution is 0.0951. The Kier molecular flexibility index (Phi) is 6.21. The molecule has 0 atom stereocenters. The molecule has 0 spiro atoms. The first-order valence-electron chi connectivity index (χ1n) is 10.9. The van der Waals surface area contributed by atoms with Gasteiger partial charge in [-0.15, -0.1) is 4.40 Å². The average molecular weight is 488 g/mol. The molecule has 4 heterocycles. The molecule has 2 aromatic rings. The Morgan fingerprint density at radius 2 is 1.88 bits per heavy atom. The van der Waals surface area contributed by atoms with E-state index in [1.807, 2.05) is 23.1 Å². The predicted octanol–water partition coefficient (Wildman–Crippen LogP) is 1.03. The van der Waals surface area contributed by atoms with Crippen LogP contribution in [0.3, 0.4) is 0 Å². The normalized spacial score (nSPS) is 19.6. The first-order chi connectivity index (χ1) is 16.0. The highest BCUT2D eigenvalue weighted by Crippen LogP contribution is 2.42. The van der Waals surface area contributed by atoms with Gasteiger partial charge < -0.3 is 15.1 Å². The van der Waals surface area contributed by atoms with Crippen molar-refractivity contribution in [3.8, 4) is 0 Å². The van der Waals surface area contributed by atoms with Crippen LogP contribution in [-0.2, 0) is 10.0 Å². The van der Waals surface area contributed by atoms with Crippen molar-refractivity contribution >= 4 is 44.5 Å². The van der Waals surface area contributed by atoms with Crippen LogP contribution in [0.2, 0.25) is 0 Å². The van der Waals surface area contributed by atoms with Crippen molar-refractivity contribution in [2.75, 3.05) is 61.4 Å². The molecule has 10 nitrogen and oxygen atoms in total. The standard InChI is InChI=1S/C21H25N7O3S2/c29-19(16-3-4-17-18(15-16)32-21-25-33(30,31)14-13-28(17)21)22-7-2-8-26-9-11-27(12-10-26)20-23-5-1-6-24-20/h1,3-6,15H,2,7-14H2,(H,22,29). The SMILES string of the molecule is O=C(NCCCN1CCN(c2ncccn2)CC1)c1ccc2c(c1)SC1=NS(=O)(=O)CCN12. The quantitative estimate of drug-likeness (QED) is 0.597. The van der Waals surface area contributed by atoms with Crippen LogP contribution in [0.5, 0.6) is 0 Å². The van der Waals surface area contributed by atoms with E-state index in [9.17, 15) is 13.2 Å². The third kappa shape index (κ3) is 4.97. The number of nitrogens with zero attached hydrogens (tertiary/aromatic N) is 6. The minimum absolute atomic E-state index is 0.00776. The number of rotatable bonds is 6. The molecule has 12 heteroatoms. The van der Waals surface area contributed by atoms with E-state index in [1.54, 1.807) is 18.5 Å². The third-order valence-electron chi connectivity index (χ3n) is 5.88. The van der Waals surface area contributed by atoms with Gasteiger partial charge in [0, 0.05) is 62.1 Å². The Morgan fingerprint density at radius 1 is 1.09 bits per heavy atom. The largest absolute Gasteiger partial charge is 0.352 e. The van der Waals surface area contributed by atoms with Crippen LogP contribution >= 0.6 is 11.8 Å². The second-order valence-electron chi connectivity index (χ2n) is 8.08. The van der Waals surface area contributed by atoms with Gasteiger partial charge in [-0.1, -0.05) is 0 Å². The van der Waals surface area contributed by atoms with Crippen molar-refractivity contribution < 1.29 is 13.2 Å². The van der Waals surface area contributed by atoms with Crippen molar-refractivity contribution in [2.45, 2.75) is 11.3 Å². The minimum Gasteiger partial charge on any atom is -0.352 e. The summed E-state index contributed by atoms with van der Waals surface area (Å²) in [6.07, 6.45) is 4.40. The van der Waals surface area contributed by atoms with Crippen LogP contribution in [0.25, 0.3) is 0 Å². The number of anilines is 2. The third-order valence-corrected chi connectivity index (χ3v) is 8.19. The zero-order chi connectivity index (χ0) is 22.8. The average Bonchev–Trinajstić information content (AvgIpc) is 3.18. The fourth-order valence-corrected chi connectivity index (χ4v) is 6.40. The molecule has 5 rings (SSSR count). The molecule has 1 N–H and O–H groups in total. The van der Waals surface area contributed by atoms with Gasteiger partial charge in [0.25, 0.3) is 15.9 Å². The molecule has 1 amide bonds. The number of hydrogen-bond donors (Lipinski definition) is 1. The van der Waals surface area contributed by atoms with Gasteiger partial charge in [0.05, 0.1) is 11.4 Å². The van der Waals surface area contributed by atoms with Gasteiger partial charge in [-0.2, -0.15) is 0 Å². The van der Waals surface area contributed by atoms with Gasteiger partial charge in [0.15, 0.2) is 5.17 Å². The van der Waals surface area contributed by atoms with E-state index in [0.717, 1.165) is 55.7 Å². The highest BCUT2D eigenvalue weighted by molar-refractivity contribution is 8.15. The maximum atomic E-state index is 12.6. The number of carbonyl (C=O) groups excluding carboxylic acids is 1. The number of piperazine rings is 1. The second-order valence-corrected chi connectivity index (χ2v) is 10.8. The van der Waals surface area contributed by atoms with Crippen molar-refractivity contribution in [2.24, 2.45) is 4.40 Å². The molecule has 3 aliphatic rings. The van der Waals surface area contributed by atoms with Gasteiger partial charge >= 0.3 is 0 Å². The Morgan fingerprint density at radius 3 is 2.67 bits per heavy atom. The lowest BCUT2D eigenvalue weighted by atomic mass is 10.2. The van der Waals surface area contributed by atoms with E-state index in [2.05, 4.69) is 29.5 Å². The van der Waals surface area contributed by atoms with Crippen molar-refractivity contribution in [1.82, 2.24) is 20.2 Å². The maximum absolute atomic E-state index is 12.6. The molecule has 0 unspecified atom stereocenters. The monoisotopic (exact) mass is 487 g/mol. The summed E-state index contributed by atoms with van der Waals surface area (Å²) in [6.45, 7) is 5.60. The van der Waals surface area contributed by atoms with E-state index in [4.69, 9.17) is 0 Å². The van der Waals surface area contributed by atoms with Crippen LogP contribution in [0.1, 0.15) is 16.8 Å². The summed E-state index contributed by atoms with van der Waals surface area (Å²) in [7, 11) is -3.39. The molecule has 0 radical (unpaired) electrons. The fourth-order valence-electron chi connectivity index (χ4n) is 4.10. The Bertz CT molecular complexity index is 1170. The molecule has 0 saturated carbocycles. The second kappa shape index (κ2) is 9.27. The molecule has 0 aliphatic carbocycles. The Balaban J connectivity index is 1.08. The summed E-state index contributed by atoms with van der Waals surface area (Å²) in [5.41, 5.74) is 1.48. The summed E-state index contributed by atoms with van der Waals surface area (Å²) in [5.74, 6) is 0.666. The topological polar surface area (TPSA) is 111 Å². The first kappa shape index (κ1) is 22.1. The fraction of sp³-hybridized carbons (Fsp3) is 0.429. The molecule has 174 valence electrons. The van der Waals surface area contributed by atoms with E-state index in [0.29, 0.717) is 23.8 Å². The number of sulfonamides is 1. The van der Waals surface area contributed by atoms with Gasteiger partial charge in [0.1, 0.15) is 0 Å². The number of nitrogens with one attached hydrogen (secondary N) is 1. The summed E-state index contributed by atoms with van der Waals surface area (Å²) < 4.78 is 27.4. The molecular formula is C21H25N7O3S2. The summed E-state index contributed by atoms with van der Waals surface area (Å²) in [5, 5.41) is 3.46. The lowest BCUT2D eigenvalue weighted by Gasteiger charge is -2.34. The maximum Gasteiger partial charge on any atom is 0.257 e. The lowest BCUT2D eigenvalue weighted by Crippen LogP contribution is -2.47. The number of hydrogen-bond acceptors (Lipinski definition) is 9. The van der Waals surface area contributed by atoms with Crippen molar-refractivity contribution in [1.29, 1.82) is 0 Å². The number of fused-ring (bicyclic) bond motifs is 3. The van der Waals surface area contributed by atoms with E-state index in [-0.39, 0.29) is 11.7 Å². The number of carbonyl (C=O) groups is 1. The van der Waals surface area contributed by atoms with E-state index >= 15 is 0 Å². The van der Waals surface area contributed by atoms with Gasteiger partial charge in [-0.3, -0.25) is 9.69 Å². The molecule has 1 fully saturated rings. The number of benzene rings is 1.